The van der Waals surface area contributed by atoms with Crippen LogP contribution in [0.4, 0.5) is 26.4 Å². The molecule has 2 heterocycles. The van der Waals surface area contributed by atoms with E-state index in [1.807, 2.05) is 4.57 Å². The van der Waals surface area contributed by atoms with E-state index in [2.05, 4.69) is 25.6 Å². The number of carbonyl (C=O) groups is 1. The monoisotopic (exact) mass is 505 g/mol. The molecule has 0 aliphatic heterocycles. The number of aromatic nitrogens is 4. The first kappa shape index (κ1) is 23.7. The van der Waals surface area contributed by atoms with Crippen molar-refractivity contribution in [2.45, 2.75) is 63.1 Å². The predicted molar refractivity (Wildman–Crippen MR) is 127 cm³/mol. The third-order valence-electron chi connectivity index (χ3n) is 6.97. The topological polar surface area (TPSA) is 131 Å². The van der Waals surface area contributed by atoms with Crippen LogP contribution in [-0.4, -0.2) is 42.7 Å². The summed E-state index contributed by atoms with van der Waals surface area (Å²) in [6.45, 7) is 0. The summed E-state index contributed by atoms with van der Waals surface area (Å²) in [5.74, 6) is -2.16. The summed E-state index contributed by atoms with van der Waals surface area (Å²) < 4.78 is 30.5. The third kappa shape index (κ3) is 4.62. The summed E-state index contributed by atoms with van der Waals surface area (Å²) in [6, 6.07) is 2.37. The van der Waals surface area contributed by atoms with Gasteiger partial charge in [0.05, 0.1) is 29.1 Å². The number of benzene rings is 1. The van der Waals surface area contributed by atoms with Gasteiger partial charge in [0.2, 0.25) is 17.8 Å². The highest BCUT2D eigenvalue weighted by atomic mass is 35.5. The number of amides is 1. The lowest BCUT2D eigenvalue weighted by molar-refractivity contribution is -0.122. The van der Waals surface area contributed by atoms with Gasteiger partial charge in [-0.3, -0.25) is 9.36 Å². The minimum Gasteiger partial charge on any atom is -0.391 e. The second kappa shape index (κ2) is 9.54. The quantitative estimate of drug-likeness (QED) is 0.372. The molecular weight excluding hydrogens is 480 g/mol. The van der Waals surface area contributed by atoms with Crippen LogP contribution in [0.15, 0.2) is 18.3 Å². The van der Waals surface area contributed by atoms with Gasteiger partial charge in [0.25, 0.3) is 0 Å². The highest BCUT2D eigenvalue weighted by Gasteiger charge is 2.30. The first-order chi connectivity index (χ1) is 16.8. The number of nitrogens with one attached hydrogen (secondary N) is 2. The van der Waals surface area contributed by atoms with Gasteiger partial charge in [-0.25, -0.2) is 18.7 Å². The van der Waals surface area contributed by atoms with E-state index >= 15 is 0 Å². The number of aliphatic hydroxyl groups is 1. The maximum Gasteiger partial charge on any atom is 0.225 e. The molecule has 2 aliphatic rings. The SMILES string of the molecule is NC(=O)[C@H]1CC[C@H](n2c(Nc3ccc(Cl)c(F)c3F)nc3cnc(N[C@@H]4CCC[C@H]4O)nc32)CC1. The Morgan fingerprint density at radius 2 is 1.89 bits per heavy atom. The summed E-state index contributed by atoms with van der Waals surface area (Å²) in [5.41, 5.74) is 6.36. The lowest BCUT2D eigenvalue weighted by atomic mass is 9.85. The molecule has 0 radical (unpaired) electrons. The van der Waals surface area contributed by atoms with Crippen molar-refractivity contribution < 1.29 is 18.7 Å². The van der Waals surface area contributed by atoms with Crippen molar-refractivity contribution in [2.24, 2.45) is 11.7 Å². The normalized spacial score (nSPS) is 24.6. The summed E-state index contributed by atoms with van der Waals surface area (Å²) in [7, 11) is 0. The van der Waals surface area contributed by atoms with Gasteiger partial charge >= 0.3 is 0 Å². The molecule has 186 valence electrons. The Bertz CT molecular complexity index is 1260. The number of halogens is 3. The summed E-state index contributed by atoms with van der Waals surface area (Å²) >= 11 is 5.70. The van der Waals surface area contributed by atoms with Crippen LogP contribution in [0.25, 0.3) is 11.2 Å². The average Bonchev–Trinajstić information content (AvgIpc) is 3.41. The van der Waals surface area contributed by atoms with Crippen molar-refractivity contribution in [3.05, 3.63) is 35.0 Å². The molecule has 12 heteroatoms. The van der Waals surface area contributed by atoms with Crippen LogP contribution in [-0.2, 0) is 4.79 Å². The van der Waals surface area contributed by atoms with Crippen LogP contribution in [0.5, 0.6) is 0 Å². The van der Waals surface area contributed by atoms with Gasteiger partial charge in [0, 0.05) is 12.0 Å². The second-order valence-corrected chi connectivity index (χ2v) is 9.62. The minimum atomic E-state index is -1.15. The van der Waals surface area contributed by atoms with Crippen LogP contribution in [0.3, 0.4) is 0 Å². The fraction of sp³-hybridized carbons (Fsp3) is 0.478. The Labute approximate surface area is 205 Å². The molecule has 0 unspecified atom stereocenters. The van der Waals surface area contributed by atoms with Gasteiger partial charge in [-0.1, -0.05) is 11.6 Å². The highest BCUT2D eigenvalue weighted by molar-refractivity contribution is 6.30. The Morgan fingerprint density at radius 1 is 1.11 bits per heavy atom. The molecular formula is C23H26ClF2N7O2. The number of imidazole rings is 1. The Kier molecular flexibility index (Phi) is 6.45. The Morgan fingerprint density at radius 3 is 2.57 bits per heavy atom. The molecule has 2 fully saturated rings. The zero-order valence-corrected chi connectivity index (χ0v) is 19.6. The highest BCUT2D eigenvalue weighted by Crippen LogP contribution is 2.37. The molecule has 2 aliphatic carbocycles. The number of nitrogens with two attached hydrogens (primary N) is 1. The predicted octanol–water partition coefficient (Wildman–Crippen LogP) is 4.04. The van der Waals surface area contributed by atoms with Crippen molar-refractivity contribution in [1.82, 2.24) is 19.5 Å². The van der Waals surface area contributed by atoms with Crippen molar-refractivity contribution in [1.29, 1.82) is 0 Å². The molecule has 1 amide bonds. The minimum absolute atomic E-state index is 0.0990. The molecule has 3 aromatic rings. The molecule has 5 rings (SSSR count). The molecule has 2 aromatic heterocycles. The molecule has 2 atom stereocenters. The summed E-state index contributed by atoms with van der Waals surface area (Å²) in [5, 5.41) is 15.9. The van der Waals surface area contributed by atoms with E-state index in [0.717, 1.165) is 19.3 Å². The zero-order valence-electron chi connectivity index (χ0n) is 18.8. The molecule has 1 aromatic carbocycles. The molecule has 35 heavy (non-hydrogen) atoms. The first-order valence-corrected chi connectivity index (χ1v) is 12.1. The number of aliphatic hydroxyl groups excluding tert-OH is 1. The number of hydrogen-bond donors (Lipinski definition) is 4. The standard InChI is InChI=1S/C23H26ClF2N7O2/c24-13-8-9-15(19(26)18(13)25)30-23-31-16-10-28-22(29-14-2-1-3-17(14)34)32-21(16)33(23)12-6-4-11(5-7-12)20(27)35/h8-12,14,17,34H,1-7H2,(H2,27,35)(H,30,31)(H,28,29,32)/t11-,12-,14-,17-/m1/s1. The maximum atomic E-state index is 14.6. The van der Waals surface area contributed by atoms with Crippen molar-refractivity contribution in [3.63, 3.8) is 0 Å². The smallest absolute Gasteiger partial charge is 0.225 e. The van der Waals surface area contributed by atoms with Crippen molar-refractivity contribution in [3.8, 4) is 0 Å². The van der Waals surface area contributed by atoms with Gasteiger partial charge in [0.1, 0.15) is 5.52 Å². The summed E-state index contributed by atoms with van der Waals surface area (Å²) in [6.07, 6.45) is 6.02. The molecule has 9 nitrogen and oxygen atoms in total. The summed E-state index contributed by atoms with van der Waals surface area (Å²) in [4.78, 5) is 25.2. The van der Waals surface area contributed by atoms with E-state index in [1.165, 1.54) is 12.1 Å². The van der Waals surface area contributed by atoms with Gasteiger partial charge in [-0.15, -0.1) is 0 Å². The van der Waals surface area contributed by atoms with Crippen LogP contribution in [0.2, 0.25) is 5.02 Å². The number of carbonyl (C=O) groups excluding carboxylic acids is 1. The van der Waals surface area contributed by atoms with E-state index < -0.39 is 17.7 Å². The molecule has 0 saturated heterocycles. The Hall–Kier alpha value is -3.05. The van der Waals surface area contributed by atoms with Crippen LogP contribution in [0, 0.1) is 17.6 Å². The van der Waals surface area contributed by atoms with E-state index in [0.29, 0.717) is 42.8 Å². The molecule has 2 saturated carbocycles. The fourth-order valence-corrected chi connectivity index (χ4v) is 5.18. The molecule has 0 spiro atoms. The number of nitrogens with zero attached hydrogens (tertiary/aromatic N) is 4. The van der Waals surface area contributed by atoms with E-state index in [9.17, 15) is 18.7 Å². The fourth-order valence-electron chi connectivity index (χ4n) is 5.03. The van der Waals surface area contributed by atoms with Gasteiger partial charge in [-0.2, -0.15) is 4.98 Å². The van der Waals surface area contributed by atoms with Crippen molar-refractivity contribution in [2.75, 3.05) is 10.6 Å². The first-order valence-electron chi connectivity index (χ1n) is 11.7. The number of rotatable bonds is 6. The van der Waals surface area contributed by atoms with Crippen molar-refractivity contribution >= 4 is 46.3 Å². The zero-order chi connectivity index (χ0) is 24.7. The lowest BCUT2D eigenvalue weighted by Crippen LogP contribution is -2.29. The van der Waals surface area contributed by atoms with Gasteiger partial charge < -0.3 is 21.5 Å². The molecule has 5 N–H and O–H groups in total. The average molecular weight is 506 g/mol. The van der Waals surface area contributed by atoms with Crippen LogP contribution < -0.4 is 16.4 Å². The largest absolute Gasteiger partial charge is 0.391 e. The Balaban J connectivity index is 1.53. The van der Waals surface area contributed by atoms with E-state index in [-0.39, 0.29) is 40.6 Å². The number of anilines is 3. The number of fused-ring (bicyclic) bond motifs is 1. The third-order valence-corrected chi connectivity index (χ3v) is 7.26. The van der Waals surface area contributed by atoms with Crippen LogP contribution in [0.1, 0.15) is 51.0 Å². The molecule has 0 bridgehead atoms. The van der Waals surface area contributed by atoms with E-state index in [1.54, 1.807) is 6.20 Å². The van der Waals surface area contributed by atoms with Crippen LogP contribution >= 0.6 is 11.6 Å². The number of primary amides is 1. The van der Waals surface area contributed by atoms with Gasteiger partial charge in [0.15, 0.2) is 17.3 Å². The van der Waals surface area contributed by atoms with Gasteiger partial charge in [-0.05, 0) is 57.1 Å². The number of hydrogen-bond acceptors (Lipinski definition) is 7. The second-order valence-electron chi connectivity index (χ2n) is 9.21. The van der Waals surface area contributed by atoms with E-state index in [4.69, 9.17) is 17.3 Å². The maximum absolute atomic E-state index is 14.6. The lowest BCUT2D eigenvalue weighted by Gasteiger charge is -2.29.